The summed E-state index contributed by atoms with van der Waals surface area (Å²) in [5.74, 6) is 0.132. The molecule has 1 aromatic carbocycles. The van der Waals surface area contributed by atoms with Crippen molar-refractivity contribution in [2.24, 2.45) is 0 Å². The molecule has 0 saturated heterocycles. The second-order valence-electron chi connectivity index (χ2n) is 6.76. The Morgan fingerprint density at radius 2 is 1.83 bits per heavy atom. The zero-order valence-electron chi connectivity index (χ0n) is 17.9. The minimum absolute atomic E-state index is 0.0976. The van der Waals surface area contributed by atoms with Gasteiger partial charge in [0, 0.05) is 24.1 Å². The second-order valence-corrected chi connectivity index (χ2v) is 6.76. The molecule has 7 nitrogen and oxygen atoms in total. The highest BCUT2D eigenvalue weighted by Gasteiger charge is 2.20. The Labute approximate surface area is 171 Å². The molecule has 1 atom stereocenters. The van der Waals surface area contributed by atoms with Gasteiger partial charge in [0.2, 0.25) is 5.78 Å². The van der Waals surface area contributed by atoms with Crippen LogP contribution in [0.1, 0.15) is 52.0 Å². The van der Waals surface area contributed by atoms with Crippen LogP contribution >= 0.6 is 0 Å². The Hall–Kier alpha value is -2.80. The number of hydrogen-bond donors (Lipinski definition) is 0. The number of nitrogens with zero attached hydrogens (tertiary/aromatic N) is 1. The highest BCUT2D eigenvalue weighted by molar-refractivity contribution is 6.00. The molecule has 2 aromatic rings. The Balaban J connectivity index is 2.10. The van der Waals surface area contributed by atoms with E-state index >= 15 is 0 Å². The Kier molecular flexibility index (Phi) is 7.84. The molecule has 1 heterocycles. The van der Waals surface area contributed by atoms with Crippen LogP contribution in [0, 0.1) is 13.8 Å². The zero-order valence-corrected chi connectivity index (χ0v) is 17.9. The number of benzene rings is 1. The van der Waals surface area contributed by atoms with E-state index in [1.54, 1.807) is 25.3 Å². The van der Waals surface area contributed by atoms with Crippen LogP contribution in [0.4, 0.5) is 0 Å². The molecule has 0 saturated carbocycles. The van der Waals surface area contributed by atoms with Gasteiger partial charge in [0.25, 0.3) is 0 Å². The Bertz CT molecular complexity index is 870. The minimum Gasteiger partial charge on any atom is -0.493 e. The lowest BCUT2D eigenvalue weighted by Gasteiger charge is -2.17. The van der Waals surface area contributed by atoms with Crippen LogP contribution in [-0.4, -0.2) is 50.4 Å². The maximum absolute atomic E-state index is 12.7. The summed E-state index contributed by atoms with van der Waals surface area (Å²) in [6, 6.07) is 6.67. The van der Waals surface area contributed by atoms with E-state index in [2.05, 4.69) is 4.57 Å². The molecule has 2 rings (SSSR count). The molecular formula is C22H29NO6. The number of carbonyl (C=O) groups is 2. The fourth-order valence-electron chi connectivity index (χ4n) is 3.42. The lowest BCUT2D eigenvalue weighted by Crippen LogP contribution is -2.17. The Morgan fingerprint density at radius 3 is 2.45 bits per heavy atom. The first-order valence-corrected chi connectivity index (χ1v) is 9.52. The number of esters is 1. The lowest BCUT2D eigenvalue weighted by molar-refractivity contribution is 0.0474. The molecular weight excluding hydrogens is 374 g/mol. The third-order valence-electron chi connectivity index (χ3n) is 4.67. The molecule has 158 valence electrons. The minimum atomic E-state index is -0.594. The van der Waals surface area contributed by atoms with Gasteiger partial charge in [0.15, 0.2) is 18.1 Å². The van der Waals surface area contributed by atoms with E-state index in [-0.39, 0.29) is 18.4 Å². The van der Waals surface area contributed by atoms with Gasteiger partial charge < -0.3 is 23.5 Å². The number of aryl methyl sites for hydroxylation is 1. The number of ketones is 1. The van der Waals surface area contributed by atoms with Gasteiger partial charge in [0.05, 0.1) is 31.9 Å². The summed E-state index contributed by atoms with van der Waals surface area (Å²) in [4.78, 5) is 25.0. The second kappa shape index (κ2) is 10.1. The van der Waals surface area contributed by atoms with Gasteiger partial charge in [0.1, 0.15) is 0 Å². The maximum Gasteiger partial charge on any atom is 0.338 e. The largest absolute Gasteiger partial charge is 0.493 e. The van der Waals surface area contributed by atoms with Crippen molar-refractivity contribution in [2.75, 3.05) is 34.0 Å². The molecule has 7 heteroatoms. The van der Waals surface area contributed by atoms with Crippen LogP contribution in [0.3, 0.4) is 0 Å². The SMILES string of the molecule is CCOc1cc(C(=O)OCC(=O)c2cc(C)n(C(C)COC)c2C)ccc1OC. The number of methoxy groups -OCH3 is 2. The predicted octanol–water partition coefficient (Wildman–Crippen LogP) is 3.76. The van der Waals surface area contributed by atoms with Gasteiger partial charge in [-0.05, 0) is 52.0 Å². The third kappa shape index (κ3) is 5.17. The van der Waals surface area contributed by atoms with Gasteiger partial charge in [-0.25, -0.2) is 4.79 Å². The number of aromatic nitrogens is 1. The van der Waals surface area contributed by atoms with Gasteiger partial charge in [-0.1, -0.05) is 0 Å². The topological polar surface area (TPSA) is 76.0 Å². The van der Waals surface area contributed by atoms with E-state index in [1.165, 1.54) is 7.11 Å². The molecule has 0 bridgehead atoms. The first-order valence-electron chi connectivity index (χ1n) is 9.52. The summed E-state index contributed by atoms with van der Waals surface area (Å²) in [6.07, 6.45) is 0. The standard InChI is InChI=1S/C22H29NO6/c1-7-28-21-11-17(8-9-20(21)27-6)22(25)29-13-19(24)18-10-14(2)23(16(18)4)15(3)12-26-5/h8-11,15H,7,12-13H2,1-6H3. The molecule has 29 heavy (non-hydrogen) atoms. The van der Waals surface area contributed by atoms with E-state index in [4.69, 9.17) is 18.9 Å². The smallest absolute Gasteiger partial charge is 0.338 e. The van der Waals surface area contributed by atoms with Crippen molar-refractivity contribution in [1.82, 2.24) is 4.57 Å². The van der Waals surface area contributed by atoms with Gasteiger partial charge in [-0.15, -0.1) is 0 Å². The normalized spacial score (nSPS) is 11.8. The van der Waals surface area contributed by atoms with Crippen LogP contribution in [-0.2, 0) is 9.47 Å². The van der Waals surface area contributed by atoms with E-state index in [1.807, 2.05) is 33.8 Å². The predicted molar refractivity (Wildman–Crippen MR) is 109 cm³/mol. The first-order chi connectivity index (χ1) is 13.8. The highest BCUT2D eigenvalue weighted by atomic mass is 16.5. The third-order valence-corrected chi connectivity index (χ3v) is 4.67. The van der Waals surface area contributed by atoms with E-state index in [9.17, 15) is 9.59 Å². The van der Waals surface area contributed by atoms with Crippen molar-refractivity contribution in [3.63, 3.8) is 0 Å². The average molecular weight is 403 g/mol. The molecule has 0 spiro atoms. The van der Waals surface area contributed by atoms with Gasteiger partial charge in [-0.3, -0.25) is 4.79 Å². The number of rotatable bonds is 10. The van der Waals surface area contributed by atoms with Crippen molar-refractivity contribution in [3.05, 3.63) is 46.8 Å². The number of hydrogen-bond acceptors (Lipinski definition) is 6. The Morgan fingerprint density at radius 1 is 1.10 bits per heavy atom. The van der Waals surface area contributed by atoms with Crippen LogP contribution in [0.25, 0.3) is 0 Å². The summed E-state index contributed by atoms with van der Waals surface area (Å²) in [5.41, 5.74) is 2.62. The van der Waals surface area contributed by atoms with Crippen molar-refractivity contribution < 1.29 is 28.5 Å². The quantitative estimate of drug-likeness (QED) is 0.444. The zero-order chi connectivity index (χ0) is 21.6. The fraction of sp³-hybridized carbons (Fsp3) is 0.455. The number of Topliss-reactive ketones (excluding diaryl/α,β-unsaturated/α-hetero) is 1. The fourth-order valence-corrected chi connectivity index (χ4v) is 3.42. The van der Waals surface area contributed by atoms with Crippen molar-refractivity contribution >= 4 is 11.8 Å². The number of carbonyl (C=O) groups excluding carboxylic acids is 2. The average Bonchev–Trinajstić information content (AvgIpc) is 3.00. The van der Waals surface area contributed by atoms with E-state index < -0.39 is 5.97 Å². The van der Waals surface area contributed by atoms with Crippen LogP contribution in [0.5, 0.6) is 11.5 Å². The number of ether oxygens (including phenoxy) is 4. The maximum atomic E-state index is 12.7. The highest BCUT2D eigenvalue weighted by Crippen LogP contribution is 2.28. The summed E-state index contributed by atoms with van der Waals surface area (Å²) in [6.45, 7) is 8.33. The van der Waals surface area contributed by atoms with Crippen LogP contribution in [0.2, 0.25) is 0 Å². The first kappa shape index (κ1) is 22.5. The molecule has 1 unspecified atom stereocenters. The molecule has 1 aromatic heterocycles. The van der Waals surface area contributed by atoms with Crippen LogP contribution < -0.4 is 9.47 Å². The van der Waals surface area contributed by atoms with Crippen molar-refractivity contribution in [1.29, 1.82) is 0 Å². The van der Waals surface area contributed by atoms with E-state index in [0.717, 1.165) is 11.4 Å². The van der Waals surface area contributed by atoms with Crippen LogP contribution in [0.15, 0.2) is 24.3 Å². The van der Waals surface area contributed by atoms with E-state index in [0.29, 0.717) is 35.8 Å². The summed E-state index contributed by atoms with van der Waals surface area (Å²) >= 11 is 0. The molecule has 0 radical (unpaired) electrons. The van der Waals surface area contributed by atoms with Crippen molar-refractivity contribution in [3.8, 4) is 11.5 Å². The summed E-state index contributed by atoms with van der Waals surface area (Å²) < 4.78 is 23.2. The van der Waals surface area contributed by atoms with Crippen molar-refractivity contribution in [2.45, 2.75) is 33.7 Å². The molecule has 0 aliphatic heterocycles. The molecule has 0 N–H and O–H groups in total. The molecule has 0 aliphatic rings. The van der Waals surface area contributed by atoms with Gasteiger partial charge >= 0.3 is 5.97 Å². The molecule has 0 fully saturated rings. The lowest BCUT2D eigenvalue weighted by atomic mass is 10.1. The van der Waals surface area contributed by atoms with Gasteiger partial charge in [-0.2, -0.15) is 0 Å². The molecule has 0 aliphatic carbocycles. The molecule has 0 amide bonds. The summed E-state index contributed by atoms with van der Waals surface area (Å²) in [5, 5.41) is 0. The monoisotopic (exact) mass is 403 g/mol. The summed E-state index contributed by atoms with van der Waals surface area (Å²) in [7, 11) is 3.17.